The van der Waals surface area contributed by atoms with Gasteiger partial charge in [0, 0.05) is 6.20 Å². The second-order valence-corrected chi connectivity index (χ2v) is 5.00. The highest BCUT2D eigenvalue weighted by Gasteiger charge is 2.32. The lowest BCUT2D eigenvalue weighted by Gasteiger charge is -2.27. The number of hydrogen-bond donors (Lipinski definition) is 2. The number of carbonyl (C=O) groups excluding carboxylic acids is 1. The molecule has 18 heavy (non-hydrogen) atoms. The Hall–Kier alpha value is -1.98. The molecule has 98 valence electrons. The van der Waals surface area contributed by atoms with Crippen molar-refractivity contribution in [3.05, 3.63) is 29.8 Å². The quantitative estimate of drug-likeness (QED) is 0.855. The van der Waals surface area contributed by atoms with Crippen LogP contribution in [0.4, 0.5) is 4.39 Å². The summed E-state index contributed by atoms with van der Waals surface area (Å²) >= 11 is 0. The number of carboxylic acid groups (broad SMARTS) is 1. The van der Waals surface area contributed by atoms with Gasteiger partial charge in [-0.25, -0.2) is 9.18 Å². The molecule has 1 unspecified atom stereocenters. The van der Waals surface area contributed by atoms with Crippen LogP contribution in [-0.2, 0) is 4.79 Å². The molecule has 0 aliphatic rings. The summed E-state index contributed by atoms with van der Waals surface area (Å²) in [4.78, 5) is 26.4. The number of pyridine rings is 1. The van der Waals surface area contributed by atoms with Gasteiger partial charge in [-0.15, -0.1) is 0 Å². The zero-order valence-electron chi connectivity index (χ0n) is 10.4. The van der Waals surface area contributed by atoms with Gasteiger partial charge in [-0.1, -0.05) is 20.8 Å². The fraction of sp³-hybridized carbons (Fsp3) is 0.417. The van der Waals surface area contributed by atoms with E-state index in [0.29, 0.717) is 0 Å². The molecule has 0 bridgehead atoms. The topological polar surface area (TPSA) is 79.3 Å². The average molecular weight is 254 g/mol. The summed E-state index contributed by atoms with van der Waals surface area (Å²) in [5.74, 6) is -2.45. The van der Waals surface area contributed by atoms with Crippen molar-refractivity contribution in [3.8, 4) is 0 Å². The molecular formula is C12H15FN2O3. The summed E-state index contributed by atoms with van der Waals surface area (Å²) in [6.45, 7) is 5.07. The maximum Gasteiger partial charge on any atom is 0.326 e. The molecule has 0 radical (unpaired) electrons. The fourth-order valence-corrected chi connectivity index (χ4v) is 1.40. The van der Waals surface area contributed by atoms with E-state index in [1.54, 1.807) is 20.8 Å². The summed E-state index contributed by atoms with van der Waals surface area (Å²) < 4.78 is 12.9. The third kappa shape index (κ3) is 3.51. The van der Waals surface area contributed by atoms with Gasteiger partial charge < -0.3 is 10.4 Å². The minimum absolute atomic E-state index is 0.00880. The van der Waals surface area contributed by atoms with Gasteiger partial charge in [-0.05, 0) is 11.5 Å². The first-order valence-corrected chi connectivity index (χ1v) is 5.36. The number of carboxylic acids is 1. The van der Waals surface area contributed by atoms with E-state index < -0.39 is 29.2 Å². The average Bonchev–Trinajstić information content (AvgIpc) is 2.23. The Morgan fingerprint density at radius 2 is 2.00 bits per heavy atom. The monoisotopic (exact) mass is 254 g/mol. The van der Waals surface area contributed by atoms with Crippen molar-refractivity contribution in [2.24, 2.45) is 5.41 Å². The molecule has 6 heteroatoms. The molecule has 0 saturated heterocycles. The van der Waals surface area contributed by atoms with Crippen molar-refractivity contribution in [1.29, 1.82) is 0 Å². The number of rotatable bonds is 3. The Morgan fingerprint density at radius 1 is 1.39 bits per heavy atom. The molecule has 1 aromatic heterocycles. The molecule has 0 aliphatic carbocycles. The van der Waals surface area contributed by atoms with E-state index in [1.807, 2.05) is 0 Å². The maximum atomic E-state index is 12.9. The Labute approximate surface area is 104 Å². The largest absolute Gasteiger partial charge is 0.480 e. The Bertz CT molecular complexity index is 469. The molecule has 1 atom stereocenters. The minimum atomic E-state index is -1.14. The molecule has 1 amide bonds. The van der Waals surface area contributed by atoms with Crippen LogP contribution in [0.3, 0.4) is 0 Å². The third-order valence-electron chi connectivity index (χ3n) is 2.36. The van der Waals surface area contributed by atoms with E-state index in [9.17, 15) is 14.0 Å². The van der Waals surface area contributed by atoms with Crippen LogP contribution in [0.2, 0.25) is 0 Å². The summed E-state index contributed by atoms with van der Waals surface area (Å²) in [5, 5.41) is 11.4. The van der Waals surface area contributed by atoms with Gasteiger partial charge in [-0.2, -0.15) is 0 Å². The molecule has 2 N–H and O–H groups in total. The number of nitrogens with zero attached hydrogens (tertiary/aromatic N) is 1. The lowest BCUT2D eigenvalue weighted by molar-refractivity contribution is -0.142. The molecule has 0 aromatic carbocycles. The van der Waals surface area contributed by atoms with Crippen LogP contribution in [0.5, 0.6) is 0 Å². The number of hydrogen-bond acceptors (Lipinski definition) is 3. The maximum absolute atomic E-state index is 12.9. The van der Waals surface area contributed by atoms with Crippen molar-refractivity contribution < 1.29 is 19.1 Å². The van der Waals surface area contributed by atoms with Crippen LogP contribution < -0.4 is 5.32 Å². The molecule has 1 rings (SSSR count). The first kappa shape index (κ1) is 14.1. The van der Waals surface area contributed by atoms with Crippen LogP contribution in [0.25, 0.3) is 0 Å². The number of aliphatic carboxylic acids is 1. The molecular weight excluding hydrogens is 239 g/mol. The predicted octanol–water partition coefficient (Wildman–Crippen LogP) is 1.45. The zero-order valence-corrected chi connectivity index (χ0v) is 10.4. The van der Waals surface area contributed by atoms with Crippen LogP contribution in [0.15, 0.2) is 18.5 Å². The van der Waals surface area contributed by atoms with Gasteiger partial charge in [-0.3, -0.25) is 9.78 Å². The Kier molecular flexibility index (Phi) is 4.00. The number of nitrogens with one attached hydrogen (secondary N) is 1. The van der Waals surface area contributed by atoms with Crippen LogP contribution >= 0.6 is 0 Å². The van der Waals surface area contributed by atoms with E-state index in [4.69, 9.17) is 5.11 Å². The molecule has 0 fully saturated rings. The van der Waals surface area contributed by atoms with E-state index in [2.05, 4.69) is 10.3 Å². The Balaban J connectivity index is 2.89. The van der Waals surface area contributed by atoms with E-state index in [-0.39, 0.29) is 5.56 Å². The van der Waals surface area contributed by atoms with Gasteiger partial charge in [0.05, 0.1) is 11.8 Å². The summed E-state index contributed by atoms with van der Waals surface area (Å²) in [6.07, 6.45) is 2.15. The molecule has 0 aliphatic heterocycles. The normalized spacial score (nSPS) is 12.9. The minimum Gasteiger partial charge on any atom is -0.480 e. The lowest BCUT2D eigenvalue weighted by atomic mass is 9.86. The van der Waals surface area contributed by atoms with E-state index >= 15 is 0 Å². The van der Waals surface area contributed by atoms with E-state index in [1.165, 1.54) is 6.20 Å². The van der Waals surface area contributed by atoms with Crippen LogP contribution in [0.1, 0.15) is 31.1 Å². The van der Waals surface area contributed by atoms with Crippen molar-refractivity contribution >= 4 is 11.9 Å². The molecule has 1 aromatic rings. The standard InChI is InChI=1S/C12H15FN2O3/c1-12(2,3)9(11(17)18)15-10(16)7-4-8(13)6-14-5-7/h4-6,9H,1-3H3,(H,15,16)(H,17,18). The fourth-order valence-electron chi connectivity index (χ4n) is 1.40. The van der Waals surface area contributed by atoms with E-state index in [0.717, 1.165) is 12.3 Å². The highest BCUT2D eigenvalue weighted by molar-refractivity contribution is 5.96. The van der Waals surface area contributed by atoms with Gasteiger partial charge in [0.15, 0.2) is 0 Å². The molecule has 1 heterocycles. The number of carbonyl (C=O) groups is 2. The summed E-state index contributed by atoms with van der Waals surface area (Å²) in [6, 6.07) is -0.0579. The van der Waals surface area contributed by atoms with Crippen LogP contribution in [0, 0.1) is 11.2 Å². The second kappa shape index (κ2) is 5.12. The number of amides is 1. The summed E-state index contributed by atoms with van der Waals surface area (Å²) in [5.41, 5.74) is -0.659. The SMILES string of the molecule is CC(C)(C)C(NC(=O)c1cncc(F)c1)C(=O)O. The molecule has 5 nitrogen and oxygen atoms in total. The van der Waals surface area contributed by atoms with Gasteiger partial charge in [0.25, 0.3) is 5.91 Å². The first-order valence-electron chi connectivity index (χ1n) is 5.36. The van der Waals surface area contributed by atoms with Crippen molar-refractivity contribution in [3.63, 3.8) is 0 Å². The van der Waals surface area contributed by atoms with Gasteiger partial charge >= 0.3 is 5.97 Å². The molecule has 0 spiro atoms. The predicted molar refractivity (Wildman–Crippen MR) is 62.5 cm³/mol. The van der Waals surface area contributed by atoms with Gasteiger partial charge in [0.1, 0.15) is 11.9 Å². The number of halogens is 1. The van der Waals surface area contributed by atoms with Crippen molar-refractivity contribution in [2.45, 2.75) is 26.8 Å². The highest BCUT2D eigenvalue weighted by atomic mass is 19.1. The van der Waals surface area contributed by atoms with Gasteiger partial charge in [0.2, 0.25) is 0 Å². The molecule has 0 saturated carbocycles. The van der Waals surface area contributed by atoms with Crippen LogP contribution in [-0.4, -0.2) is 28.0 Å². The summed E-state index contributed by atoms with van der Waals surface area (Å²) in [7, 11) is 0. The number of aromatic nitrogens is 1. The van der Waals surface area contributed by atoms with Crippen molar-refractivity contribution in [2.75, 3.05) is 0 Å². The zero-order chi connectivity index (χ0) is 13.9. The third-order valence-corrected chi connectivity index (χ3v) is 2.36. The smallest absolute Gasteiger partial charge is 0.326 e. The first-order chi connectivity index (χ1) is 8.21. The Morgan fingerprint density at radius 3 is 2.44 bits per heavy atom. The highest BCUT2D eigenvalue weighted by Crippen LogP contribution is 2.19. The second-order valence-electron chi connectivity index (χ2n) is 5.00. The van der Waals surface area contributed by atoms with Crippen molar-refractivity contribution in [1.82, 2.24) is 10.3 Å². The lowest BCUT2D eigenvalue weighted by Crippen LogP contribution is -2.49.